The fraction of sp³-hybridized carbons (Fsp3) is 0.316. The van der Waals surface area contributed by atoms with E-state index in [1.807, 2.05) is 26.0 Å². The second-order valence-corrected chi connectivity index (χ2v) is 3.68. The van der Waals surface area contributed by atoms with Crippen molar-refractivity contribution in [3.63, 3.8) is 0 Å². The smallest absolute Gasteiger partial charge is 0 e. The van der Waals surface area contributed by atoms with Crippen molar-refractivity contribution in [2.75, 3.05) is 0 Å². The molecule has 0 N–H and O–H groups in total. The first kappa shape index (κ1) is 24.2. The first-order valence-electron chi connectivity index (χ1n) is 6.94. The molecule has 0 saturated carbocycles. The summed E-state index contributed by atoms with van der Waals surface area (Å²) in [6.45, 7) is 8.32. The van der Waals surface area contributed by atoms with Crippen molar-refractivity contribution in [1.29, 1.82) is 0 Å². The van der Waals surface area contributed by atoms with Gasteiger partial charge in [0.2, 0.25) is 0 Å². The molecule has 0 fully saturated rings. The van der Waals surface area contributed by atoms with Gasteiger partial charge in [-0.3, -0.25) is 0 Å². The quantitative estimate of drug-likeness (QED) is 0.504. The molecule has 2 aromatic rings. The summed E-state index contributed by atoms with van der Waals surface area (Å²) in [6.07, 6.45) is 2.28. The second kappa shape index (κ2) is 18.1. The van der Waals surface area contributed by atoms with E-state index in [1.165, 1.54) is 11.1 Å². The van der Waals surface area contributed by atoms with E-state index < -0.39 is 0 Å². The minimum Gasteiger partial charge on any atom is -0.358 e. The van der Waals surface area contributed by atoms with Crippen LogP contribution in [0.1, 0.15) is 38.8 Å². The molecule has 0 aromatic heterocycles. The monoisotopic (exact) mass is 441 g/mol. The van der Waals surface area contributed by atoms with Crippen LogP contribution in [0.15, 0.2) is 60.7 Å². The summed E-state index contributed by atoms with van der Waals surface area (Å²) in [4.78, 5) is 0. The Labute approximate surface area is 140 Å². The van der Waals surface area contributed by atoms with Gasteiger partial charge in [0.05, 0.1) is 0 Å². The predicted molar refractivity (Wildman–Crippen MR) is 89.4 cm³/mol. The van der Waals surface area contributed by atoms with Gasteiger partial charge in [-0.15, -0.1) is 0 Å². The molecule has 112 valence electrons. The van der Waals surface area contributed by atoms with Crippen LogP contribution in [0.2, 0.25) is 0 Å². The van der Waals surface area contributed by atoms with E-state index in [2.05, 4.69) is 62.4 Å². The summed E-state index contributed by atoms with van der Waals surface area (Å²) in [5.41, 5.74) is 2.82. The molecule has 2 aromatic carbocycles. The molecule has 0 aliphatic heterocycles. The average molecular weight is 441 g/mol. The number of aryl methyl sites for hydroxylation is 2. The van der Waals surface area contributed by atoms with E-state index in [1.54, 1.807) is 0 Å². The van der Waals surface area contributed by atoms with Crippen LogP contribution in [-0.4, -0.2) is 0 Å². The van der Waals surface area contributed by atoms with Crippen LogP contribution in [0.5, 0.6) is 0 Å². The Morgan fingerprint density at radius 3 is 1.00 bits per heavy atom. The van der Waals surface area contributed by atoms with Crippen LogP contribution in [0.3, 0.4) is 0 Å². The Morgan fingerprint density at radius 2 is 0.850 bits per heavy atom. The Kier molecular flexibility index (Phi) is 21.9. The minimum absolute atomic E-state index is 0. The van der Waals surface area contributed by atoms with Crippen LogP contribution in [-0.2, 0) is 33.9 Å². The van der Waals surface area contributed by atoms with Gasteiger partial charge >= 0.3 is 0 Å². The van der Waals surface area contributed by atoms with Crippen LogP contribution < -0.4 is 0 Å². The Bertz CT molecular complexity index is 328. The molecule has 2 rings (SSSR count). The summed E-state index contributed by atoms with van der Waals surface area (Å²) in [5, 5.41) is 0. The molecule has 0 spiro atoms. The molecule has 0 nitrogen and oxygen atoms in total. The van der Waals surface area contributed by atoms with Crippen LogP contribution in [0, 0.1) is 7.43 Å². The largest absolute Gasteiger partial charge is 0.358 e. The number of hydrogen-bond donors (Lipinski definition) is 0. The summed E-state index contributed by atoms with van der Waals surface area (Å²) in [7, 11) is 0. The fourth-order valence-corrected chi connectivity index (χ4v) is 1.43. The third-order valence-corrected chi connectivity index (χ3v) is 2.50. The molecular weight excluding hydrogens is 412 g/mol. The van der Waals surface area contributed by atoms with Gasteiger partial charge in [0, 0.05) is 21.1 Å². The van der Waals surface area contributed by atoms with Crippen molar-refractivity contribution in [3.8, 4) is 0 Å². The molecule has 0 aliphatic carbocycles. The number of hydrogen-bond acceptors (Lipinski definition) is 0. The molecule has 20 heavy (non-hydrogen) atoms. The normalized spacial score (nSPS) is 7.60. The maximum Gasteiger partial charge on any atom is 0 e. The van der Waals surface area contributed by atoms with Crippen LogP contribution in [0.25, 0.3) is 0 Å². The van der Waals surface area contributed by atoms with Crippen molar-refractivity contribution in [2.45, 2.75) is 40.5 Å². The summed E-state index contributed by atoms with van der Waals surface area (Å²) < 4.78 is 0. The minimum atomic E-state index is 0. The third-order valence-electron chi connectivity index (χ3n) is 2.50. The molecule has 0 amide bonds. The van der Waals surface area contributed by atoms with Gasteiger partial charge in [0.1, 0.15) is 0 Å². The number of rotatable bonds is 2. The SMILES string of the molecule is CC.CCc1ccccc1.CCc1ccccc1.[CH3-].[W]. The molecule has 0 heterocycles. The Balaban J connectivity index is -0.000000236. The standard InChI is InChI=1S/2C8H10.C2H6.CH3.W/c2*1-2-8-6-4-3-5-7-8;1-2;;/h2*3-7H,2H2,1H3;1-2H3;1H3;/q;;;-1;. The van der Waals surface area contributed by atoms with Gasteiger partial charge in [-0.2, -0.15) is 0 Å². The molecule has 0 unspecified atom stereocenters. The molecule has 0 aliphatic rings. The van der Waals surface area contributed by atoms with Gasteiger partial charge in [0.25, 0.3) is 0 Å². The fourth-order valence-electron chi connectivity index (χ4n) is 1.43. The second-order valence-electron chi connectivity index (χ2n) is 3.68. The van der Waals surface area contributed by atoms with E-state index >= 15 is 0 Å². The molecule has 0 saturated heterocycles. The topological polar surface area (TPSA) is 0 Å². The zero-order chi connectivity index (χ0) is 13.6. The maximum atomic E-state index is 2.16. The van der Waals surface area contributed by atoms with Gasteiger partial charge < -0.3 is 7.43 Å². The van der Waals surface area contributed by atoms with Crippen LogP contribution in [0.4, 0.5) is 0 Å². The van der Waals surface area contributed by atoms with Gasteiger partial charge in [-0.25, -0.2) is 0 Å². The number of benzene rings is 2. The summed E-state index contributed by atoms with van der Waals surface area (Å²) in [5.74, 6) is 0. The Hall–Kier alpha value is -0.872. The zero-order valence-electron chi connectivity index (χ0n) is 13.6. The molecular formula is C19H29W-. The summed E-state index contributed by atoms with van der Waals surface area (Å²) in [6, 6.07) is 20.9. The van der Waals surface area contributed by atoms with Crippen molar-refractivity contribution < 1.29 is 21.1 Å². The van der Waals surface area contributed by atoms with Crippen molar-refractivity contribution >= 4 is 0 Å². The third kappa shape index (κ3) is 12.2. The van der Waals surface area contributed by atoms with Crippen LogP contribution >= 0.6 is 0 Å². The molecule has 0 radical (unpaired) electrons. The van der Waals surface area contributed by atoms with Crippen molar-refractivity contribution in [1.82, 2.24) is 0 Å². The molecule has 0 bridgehead atoms. The predicted octanol–water partition coefficient (Wildman–Crippen LogP) is 5.97. The zero-order valence-corrected chi connectivity index (χ0v) is 16.5. The van der Waals surface area contributed by atoms with Crippen molar-refractivity contribution in [2.24, 2.45) is 0 Å². The van der Waals surface area contributed by atoms with Gasteiger partial charge in [-0.05, 0) is 24.0 Å². The van der Waals surface area contributed by atoms with E-state index in [-0.39, 0.29) is 28.5 Å². The van der Waals surface area contributed by atoms with E-state index in [9.17, 15) is 0 Å². The first-order valence-corrected chi connectivity index (χ1v) is 6.94. The maximum absolute atomic E-state index is 2.16. The Morgan fingerprint density at radius 1 is 0.600 bits per heavy atom. The van der Waals surface area contributed by atoms with E-state index in [0.29, 0.717) is 0 Å². The summed E-state index contributed by atoms with van der Waals surface area (Å²) >= 11 is 0. The van der Waals surface area contributed by atoms with E-state index in [0.717, 1.165) is 12.8 Å². The van der Waals surface area contributed by atoms with E-state index in [4.69, 9.17) is 0 Å². The van der Waals surface area contributed by atoms with Crippen molar-refractivity contribution in [3.05, 3.63) is 79.2 Å². The first-order chi connectivity index (χ1) is 8.86. The molecule has 0 atom stereocenters. The molecule has 1 heteroatoms. The van der Waals surface area contributed by atoms with Gasteiger partial charge in [-0.1, -0.05) is 88.4 Å². The van der Waals surface area contributed by atoms with Gasteiger partial charge in [0.15, 0.2) is 0 Å². The average Bonchev–Trinajstić information content (AvgIpc) is 2.51.